The Balaban J connectivity index is 1.62. The van der Waals surface area contributed by atoms with Gasteiger partial charge in [-0.05, 0) is 22.8 Å². The van der Waals surface area contributed by atoms with Gasteiger partial charge in [-0.2, -0.15) is 0 Å². The van der Waals surface area contributed by atoms with Crippen molar-refractivity contribution in [2.24, 2.45) is 0 Å². The molecule has 32 heavy (non-hydrogen) atoms. The van der Waals surface area contributed by atoms with Crippen LogP contribution in [-0.4, -0.2) is 35.0 Å². The van der Waals surface area contributed by atoms with E-state index in [9.17, 15) is 14.7 Å². The summed E-state index contributed by atoms with van der Waals surface area (Å²) in [6, 6.07) is 21.8. The molecule has 0 radical (unpaired) electrons. The number of benzene rings is 3. The zero-order valence-electron chi connectivity index (χ0n) is 17.9. The fraction of sp³-hybridized carbons (Fsp3) is 0.231. The number of carboxylic acids is 1. The molecule has 164 valence electrons. The van der Waals surface area contributed by atoms with Crippen molar-refractivity contribution in [3.8, 4) is 11.5 Å². The molecule has 3 aromatic carbocycles. The summed E-state index contributed by atoms with van der Waals surface area (Å²) in [5, 5.41) is 9.91. The van der Waals surface area contributed by atoms with Crippen LogP contribution in [0.2, 0.25) is 0 Å². The maximum Gasteiger partial charge on any atom is 0.326 e. The highest BCUT2D eigenvalue weighted by molar-refractivity contribution is 5.86. The third-order valence-corrected chi connectivity index (χ3v) is 5.69. The first kappa shape index (κ1) is 21.4. The van der Waals surface area contributed by atoms with E-state index < -0.39 is 12.0 Å². The predicted octanol–water partition coefficient (Wildman–Crippen LogP) is 3.85. The molecule has 1 aliphatic rings. The number of nitrogens with zero attached hydrogens (tertiary/aromatic N) is 1. The molecular weight excluding hydrogens is 406 g/mol. The molecule has 6 heteroatoms. The van der Waals surface area contributed by atoms with Crippen LogP contribution < -0.4 is 9.47 Å². The molecule has 4 rings (SSSR count). The first-order chi connectivity index (χ1) is 15.6. The highest BCUT2D eigenvalue weighted by atomic mass is 16.5. The number of hydrogen-bond donors (Lipinski definition) is 1. The molecular formula is C26H25NO5. The standard InChI is InChI=1S/C26H25NO5/c1-31-23-13-12-20-16-27(24(28)14-18-8-4-2-5-9-18)22(26(29)30)15-21(20)25(23)32-17-19-10-6-3-7-11-19/h2-13,22H,14-17H2,1H3,(H,29,30)/t22-/m1/s1. The number of carboxylic acid groups (broad SMARTS) is 1. The van der Waals surface area contributed by atoms with Crippen LogP contribution in [0.4, 0.5) is 0 Å². The first-order valence-electron chi connectivity index (χ1n) is 10.5. The number of hydrogen-bond acceptors (Lipinski definition) is 4. The molecule has 1 aliphatic heterocycles. The monoisotopic (exact) mass is 431 g/mol. The number of methoxy groups -OCH3 is 1. The van der Waals surface area contributed by atoms with Crippen LogP contribution in [0.3, 0.4) is 0 Å². The maximum absolute atomic E-state index is 13.0. The summed E-state index contributed by atoms with van der Waals surface area (Å²) in [7, 11) is 1.56. The minimum absolute atomic E-state index is 0.159. The van der Waals surface area contributed by atoms with E-state index in [1.165, 1.54) is 4.90 Å². The van der Waals surface area contributed by atoms with Crippen molar-refractivity contribution in [2.75, 3.05) is 7.11 Å². The van der Waals surface area contributed by atoms with Gasteiger partial charge in [0.25, 0.3) is 0 Å². The Morgan fingerprint density at radius 1 is 0.969 bits per heavy atom. The summed E-state index contributed by atoms with van der Waals surface area (Å²) in [5.74, 6) is -0.158. The largest absolute Gasteiger partial charge is 0.493 e. The van der Waals surface area contributed by atoms with Gasteiger partial charge < -0.3 is 19.5 Å². The fourth-order valence-corrected chi connectivity index (χ4v) is 4.02. The van der Waals surface area contributed by atoms with E-state index in [-0.39, 0.29) is 25.3 Å². The van der Waals surface area contributed by atoms with Crippen LogP contribution in [0.15, 0.2) is 72.8 Å². The molecule has 0 saturated carbocycles. The smallest absolute Gasteiger partial charge is 0.326 e. The van der Waals surface area contributed by atoms with E-state index in [0.29, 0.717) is 18.1 Å². The second-order valence-corrected chi connectivity index (χ2v) is 7.75. The number of ether oxygens (including phenoxy) is 2. The lowest BCUT2D eigenvalue weighted by molar-refractivity contribution is -0.151. The van der Waals surface area contributed by atoms with Gasteiger partial charge in [0.05, 0.1) is 13.5 Å². The number of aliphatic carboxylic acids is 1. The van der Waals surface area contributed by atoms with Gasteiger partial charge in [0, 0.05) is 18.5 Å². The zero-order chi connectivity index (χ0) is 22.5. The second-order valence-electron chi connectivity index (χ2n) is 7.75. The topological polar surface area (TPSA) is 76.1 Å². The average molecular weight is 431 g/mol. The fourth-order valence-electron chi connectivity index (χ4n) is 4.02. The Kier molecular flexibility index (Phi) is 6.40. The zero-order valence-corrected chi connectivity index (χ0v) is 17.9. The molecule has 1 N–H and O–H groups in total. The first-order valence-corrected chi connectivity index (χ1v) is 10.5. The van der Waals surface area contributed by atoms with Crippen molar-refractivity contribution >= 4 is 11.9 Å². The minimum atomic E-state index is -1.03. The lowest BCUT2D eigenvalue weighted by atomic mass is 9.92. The van der Waals surface area contributed by atoms with Crippen molar-refractivity contribution in [2.45, 2.75) is 32.0 Å². The van der Waals surface area contributed by atoms with Gasteiger partial charge in [-0.3, -0.25) is 4.79 Å². The number of carbonyl (C=O) groups is 2. The highest BCUT2D eigenvalue weighted by Crippen LogP contribution is 2.39. The predicted molar refractivity (Wildman–Crippen MR) is 120 cm³/mol. The number of fused-ring (bicyclic) bond motifs is 1. The molecule has 6 nitrogen and oxygen atoms in total. The van der Waals surface area contributed by atoms with Crippen LogP contribution in [0.5, 0.6) is 11.5 Å². The number of rotatable bonds is 7. The summed E-state index contributed by atoms with van der Waals surface area (Å²) in [6.45, 7) is 0.547. The summed E-state index contributed by atoms with van der Waals surface area (Å²) in [6.07, 6.45) is 0.319. The third kappa shape index (κ3) is 4.59. The van der Waals surface area contributed by atoms with E-state index in [1.807, 2.05) is 66.7 Å². The lowest BCUT2D eigenvalue weighted by Crippen LogP contribution is -2.49. The number of carbonyl (C=O) groups excluding carboxylic acids is 1. The van der Waals surface area contributed by atoms with Crippen molar-refractivity contribution in [1.82, 2.24) is 4.90 Å². The summed E-state index contributed by atoms with van der Waals surface area (Å²) >= 11 is 0. The Morgan fingerprint density at radius 2 is 1.62 bits per heavy atom. The summed E-state index contributed by atoms with van der Waals surface area (Å²) < 4.78 is 11.6. The summed E-state index contributed by atoms with van der Waals surface area (Å²) in [4.78, 5) is 26.6. The Labute approximate surface area is 187 Å². The third-order valence-electron chi connectivity index (χ3n) is 5.69. The summed E-state index contributed by atoms with van der Waals surface area (Å²) in [5.41, 5.74) is 3.50. The molecule has 0 saturated heterocycles. The van der Waals surface area contributed by atoms with Crippen molar-refractivity contribution < 1.29 is 24.2 Å². The normalized spacial score (nSPS) is 15.0. The molecule has 0 aromatic heterocycles. The molecule has 3 aromatic rings. The minimum Gasteiger partial charge on any atom is -0.493 e. The SMILES string of the molecule is COc1ccc2c(c1OCc1ccccc1)C[C@H](C(=O)O)N(C(=O)Cc1ccccc1)C2. The lowest BCUT2D eigenvalue weighted by Gasteiger charge is -2.35. The van der Waals surface area contributed by atoms with Crippen LogP contribution in [0, 0.1) is 0 Å². The van der Waals surface area contributed by atoms with Crippen molar-refractivity contribution in [1.29, 1.82) is 0 Å². The molecule has 1 heterocycles. The van der Waals surface area contributed by atoms with Crippen molar-refractivity contribution in [3.63, 3.8) is 0 Å². The molecule has 0 aliphatic carbocycles. The van der Waals surface area contributed by atoms with Gasteiger partial charge in [-0.25, -0.2) is 4.79 Å². The van der Waals surface area contributed by atoms with Gasteiger partial charge in [0.1, 0.15) is 12.6 Å². The van der Waals surface area contributed by atoms with Crippen LogP contribution in [0.1, 0.15) is 22.3 Å². The average Bonchev–Trinajstić information content (AvgIpc) is 2.82. The molecule has 1 atom stereocenters. The molecule has 0 bridgehead atoms. The maximum atomic E-state index is 13.0. The van der Waals surface area contributed by atoms with E-state index in [1.54, 1.807) is 13.2 Å². The van der Waals surface area contributed by atoms with E-state index in [0.717, 1.165) is 22.3 Å². The van der Waals surface area contributed by atoms with Gasteiger partial charge >= 0.3 is 5.97 Å². The Bertz CT molecular complexity index is 1100. The van der Waals surface area contributed by atoms with E-state index in [2.05, 4.69) is 0 Å². The van der Waals surface area contributed by atoms with Gasteiger partial charge in [-0.1, -0.05) is 66.7 Å². The Morgan fingerprint density at radius 3 is 2.25 bits per heavy atom. The van der Waals surface area contributed by atoms with Gasteiger partial charge in [0.15, 0.2) is 11.5 Å². The molecule has 0 fully saturated rings. The second kappa shape index (κ2) is 9.56. The molecule has 0 unspecified atom stereocenters. The van der Waals surface area contributed by atoms with E-state index in [4.69, 9.17) is 9.47 Å². The van der Waals surface area contributed by atoms with Crippen LogP contribution in [-0.2, 0) is 35.6 Å². The number of amides is 1. The van der Waals surface area contributed by atoms with Gasteiger partial charge in [0.2, 0.25) is 5.91 Å². The highest BCUT2D eigenvalue weighted by Gasteiger charge is 2.36. The van der Waals surface area contributed by atoms with Gasteiger partial charge in [-0.15, -0.1) is 0 Å². The van der Waals surface area contributed by atoms with Crippen LogP contribution >= 0.6 is 0 Å². The Hall–Kier alpha value is -3.80. The molecule has 1 amide bonds. The van der Waals surface area contributed by atoms with E-state index >= 15 is 0 Å². The molecule has 0 spiro atoms. The van der Waals surface area contributed by atoms with Crippen LogP contribution in [0.25, 0.3) is 0 Å². The van der Waals surface area contributed by atoms with Crippen molar-refractivity contribution in [3.05, 3.63) is 95.1 Å². The quantitative estimate of drug-likeness (QED) is 0.615.